The van der Waals surface area contributed by atoms with Crippen LogP contribution in [0.4, 0.5) is 5.69 Å². The second-order valence-corrected chi connectivity index (χ2v) is 8.50. The van der Waals surface area contributed by atoms with Crippen LogP contribution in [0.5, 0.6) is 11.5 Å². The zero-order chi connectivity index (χ0) is 26.2. The molecule has 1 aliphatic rings. The highest BCUT2D eigenvalue weighted by molar-refractivity contribution is 6.00. The van der Waals surface area contributed by atoms with Crippen LogP contribution in [0.3, 0.4) is 0 Å². The Morgan fingerprint density at radius 3 is 2.06 bits per heavy atom. The second-order valence-electron chi connectivity index (χ2n) is 8.50. The molecular weight excluding hydrogens is 458 g/mol. The molecule has 0 aliphatic carbocycles. The van der Waals surface area contributed by atoms with E-state index < -0.39 is 17.9 Å². The van der Waals surface area contributed by atoms with E-state index in [2.05, 4.69) is 0 Å². The van der Waals surface area contributed by atoms with E-state index in [-0.39, 0.29) is 13.2 Å². The summed E-state index contributed by atoms with van der Waals surface area (Å²) in [5.74, 6) is -0.599. The molecule has 0 N–H and O–H groups in total. The largest absolute Gasteiger partial charge is 0.493 e. The summed E-state index contributed by atoms with van der Waals surface area (Å²) >= 11 is 0. The summed E-state index contributed by atoms with van der Waals surface area (Å²) in [6, 6.07) is 11.5. The van der Waals surface area contributed by atoms with Crippen LogP contribution >= 0.6 is 0 Å². The third-order valence-electron chi connectivity index (χ3n) is 5.83. The van der Waals surface area contributed by atoms with E-state index in [1.165, 1.54) is 0 Å². The molecule has 2 aromatic carbocycles. The smallest absolute Gasteiger partial charge is 0.336 e. The normalized spacial score (nSPS) is 13.6. The number of carbonyl (C=O) groups excluding carboxylic acids is 2. The lowest BCUT2D eigenvalue weighted by atomic mass is 9.83. The summed E-state index contributed by atoms with van der Waals surface area (Å²) in [7, 11) is 1.56. The van der Waals surface area contributed by atoms with Gasteiger partial charge in [-0.25, -0.2) is 9.59 Å². The molecule has 0 atom stereocenters. The Labute approximate surface area is 213 Å². The molecule has 36 heavy (non-hydrogen) atoms. The van der Waals surface area contributed by atoms with Crippen LogP contribution in [0.25, 0.3) is 0 Å². The highest BCUT2D eigenvalue weighted by atomic mass is 16.5. The second kappa shape index (κ2) is 12.3. The molecule has 0 aromatic heterocycles. The number of anilines is 1. The van der Waals surface area contributed by atoms with Gasteiger partial charge in [-0.15, -0.1) is 0 Å². The van der Waals surface area contributed by atoms with Gasteiger partial charge < -0.3 is 23.8 Å². The zero-order valence-electron chi connectivity index (χ0n) is 21.9. The minimum atomic E-state index is -0.710. The van der Waals surface area contributed by atoms with Gasteiger partial charge in [0.15, 0.2) is 11.5 Å². The summed E-state index contributed by atoms with van der Waals surface area (Å²) in [6.45, 7) is 10.5. The minimum absolute atomic E-state index is 0.206. The Kier molecular flexibility index (Phi) is 9.17. The van der Waals surface area contributed by atoms with E-state index in [9.17, 15) is 9.59 Å². The first-order valence-corrected chi connectivity index (χ1v) is 12.3. The molecule has 7 heteroatoms. The van der Waals surface area contributed by atoms with E-state index >= 15 is 0 Å². The topological polar surface area (TPSA) is 74.3 Å². The van der Waals surface area contributed by atoms with Gasteiger partial charge in [0.25, 0.3) is 0 Å². The van der Waals surface area contributed by atoms with Crippen molar-refractivity contribution in [1.29, 1.82) is 0 Å². The number of methoxy groups -OCH3 is 1. The fourth-order valence-electron chi connectivity index (χ4n) is 4.11. The first-order chi connectivity index (χ1) is 17.3. The van der Waals surface area contributed by atoms with E-state index in [0.29, 0.717) is 34.8 Å². The summed E-state index contributed by atoms with van der Waals surface area (Å²) in [5, 5.41) is 0. The van der Waals surface area contributed by atoms with Gasteiger partial charge in [0, 0.05) is 18.1 Å². The molecule has 0 spiro atoms. The molecule has 0 saturated carbocycles. The zero-order valence-corrected chi connectivity index (χ0v) is 21.9. The Morgan fingerprint density at radius 1 is 0.861 bits per heavy atom. The third-order valence-corrected chi connectivity index (χ3v) is 5.83. The number of rotatable bonds is 10. The number of hydrogen-bond donors (Lipinski definition) is 0. The van der Waals surface area contributed by atoms with Crippen LogP contribution < -0.4 is 14.4 Å². The Morgan fingerprint density at radius 2 is 1.50 bits per heavy atom. The fourth-order valence-corrected chi connectivity index (χ4v) is 4.11. The van der Waals surface area contributed by atoms with Crippen LogP contribution in [0.2, 0.25) is 0 Å². The standard InChI is InChI=1S/C29H35NO6/c1-7-14-36-25-13-12-21(16-26(25)33-6)27-22(28(31)34-8-2)17-30(18-23(27)29(32)35-9-3)24-15-19(4)10-11-20(24)5/h10-13,15-18,27H,7-9,14H2,1-6H3. The minimum Gasteiger partial charge on any atom is -0.493 e. The van der Waals surface area contributed by atoms with E-state index in [1.54, 1.807) is 50.4 Å². The van der Waals surface area contributed by atoms with Gasteiger partial charge in [0.2, 0.25) is 0 Å². The third kappa shape index (κ3) is 5.90. The van der Waals surface area contributed by atoms with Crippen LogP contribution in [-0.4, -0.2) is 38.9 Å². The summed E-state index contributed by atoms with van der Waals surface area (Å²) < 4.78 is 22.2. The molecule has 3 rings (SSSR count). The SMILES string of the molecule is CCCOc1ccc(C2C(C(=O)OCC)=CN(c3cc(C)ccc3C)C=C2C(=O)OCC)cc1OC. The van der Waals surface area contributed by atoms with Gasteiger partial charge in [-0.3, -0.25) is 0 Å². The lowest BCUT2D eigenvalue weighted by molar-refractivity contribution is -0.139. The highest BCUT2D eigenvalue weighted by Crippen LogP contribution is 2.42. The molecular formula is C29H35NO6. The van der Waals surface area contributed by atoms with Crippen molar-refractivity contribution in [3.05, 3.63) is 76.6 Å². The van der Waals surface area contributed by atoms with Gasteiger partial charge in [-0.1, -0.05) is 25.1 Å². The Hall–Kier alpha value is -3.74. The average molecular weight is 494 g/mol. The fraction of sp³-hybridized carbons (Fsp3) is 0.379. The molecule has 0 fully saturated rings. The Balaban J connectivity index is 2.20. The monoisotopic (exact) mass is 493 g/mol. The maximum Gasteiger partial charge on any atom is 0.336 e. The molecule has 0 saturated heterocycles. The van der Waals surface area contributed by atoms with Crippen molar-refractivity contribution in [1.82, 2.24) is 0 Å². The van der Waals surface area contributed by atoms with Crippen LogP contribution in [0.1, 0.15) is 49.8 Å². The predicted molar refractivity (Wildman–Crippen MR) is 139 cm³/mol. The van der Waals surface area contributed by atoms with Crippen molar-refractivity contribution in [3.8, 4) is 11.5 Å². The van der Waals surface area contributed by atoms with Gasteiger partial charge in [-0.05, 0) is 69.0 Å². The van der Waals surface area contributed by atoms with Gasteiger partial charge in [0.05, 0.1) is 44.0 Å². The van der Waals surface area contributed by atoms with E-state index in [0.717, 1.165) is 23.2 Å². The number of hydrogen-bond acceptors (Lipinski definition) is 7. The number of aryl methyl sites for hydroxylation is 2. The molecule has 0 unspecified atom stereocenters. The van der Waals surface area contributed by atoms with Crippen molar-refractivity contribution in [2.75, 3.05) is 31.8 Å². The molecule has 1 heterocycles. The number of carbonyl (C=O) groups is 2. The van der Waals surface area contributed by atoms with Crippen molar-refractivity contribution in [3.63, 3.8) is 0 Å². The van der Waals surface area contributed by atoms with Crippen molar-refractivity contribution in [2.45, 2.75) is 47.0 Å². The van der Waals surface area contributed by atoms with Crippen LogP contribution in [0.15, 0.2) is 59.9 Å². The Bertz CT molecular complexity index is 1130. The number of nitrogens with zero attached hydrogens (tertiary/aromatic N) is 1. The number of benzene rings is 2. The van der Waals surface area contributed by atoms with E-state index in [1.807, 2.05) is 45.0 Å². The molecule has 0 radical (unpaired) electrons. The lowest BCUT2D eigenvalue weighted by Crippen LogP contribution is -2.29. The maximum absolute atomic E-state index is 13.2. The first-order valence-electron chi connectivity index (χ1n) is 12.3. The summed E-state index contributed by atoms with van der Waals surface area (Å²) in [4.78, 5) is 28.3. The number of ether oxygens (including phenoxy) is 4. The van der Waals surface area contributed by atoms with Gasteiger partial charge >= 0.3 is 11.9 Å². The maximum atomic E-state index is 13.2. The van der Waals surface area contributed by atoms with Crippen LogP contribution in [-0.2, 0) is 19.1 Å². The molecule has 192 valence electrons. The first kappa shape index (κ1) is 26.9. The molecule has 0 amide bonds. The van der Waals surface area contributed by atoms with E-state index in [4.69, 9.17) is 18.9 Å². The van der Waals surface area contributed by atoms with Crippen molar-refractivity contribution < 1.29 is 28.5 Å². The van der Waals surface area contributed by atoms with Crippen LogP contribution in [0, 0.1) is 13.8 Å². The quantitative estimate of drug-likeness (QED) is 0.399. The highest BCUT2D eigenvalue weighted by Gasteiger charge is 2.36. The molecule has 0 bridgehead atoms. The lowest BCUT2D eigenvalue weighted by Gasteiger charge is -2.31. The number of esters is 2. The molecule has 1 aliphatic heterocycles. The average Bonchev–Trinajstić information content (AvgIpc) is 2.88. The molecule has 2 aromatic rings. The molecule has 7 nitrogen and oxygen atoms in total. The predicted octanol–water partition coefficient (Wildman–Crippen LogP) is 5.60. The summed E-state index contributed by atoms with van der Waals surface area (Å²) in [6.07, 6.45) is 4.33. The van der Waals surface area contributed by atoms with Crippen molar-refractivity contribution in [2.24, 2.45) is 0 Å². The summed E-state index contributed by atoms with van der Waals surface area (Å²) in [5.41, 5.74) is 4.26. The van der Waals surface area contributed by atoms with Crippen molar-refractivity contribution >= 4 is 17.6 Å². The van der Waals surface area contributed by atoms with Gasteiger partial charge in [0.1, 0.15) is 0 Å². The van der Waals surface area contributed by atoms with Gasteiger partial charge in [-0.2, -0.15) is 0 Å².